The molecule has 1 rings (SSSR count). The summed E-state index contributed by atoms with van der Waals surface area (Å²) in [6.45, 7) is 3.16. The second-order valence-corrected chi connectivity index (χ2v) is 2.85. The van der Waals surface area contributed by atoms with Gasteiger partial charge in [0.2, 0.25) is 0 Å². The number of azide groups is 1. The van der Waals surface area contributed by atoms with Crippen LogP contribution >= 0.6 is 0 Å². The largest absolute Gasteiger partial charge is 0.393 e. The van der Waals surface area contributed by atoms with Crippen molar-refractivity contribution in [3.05, 3.63) is 23.1 Å². The molecule has 0 amide bonds. The van der Waals surface area contributed by atoms with Crippen LogP contribution in [-0.4, -0.2) is 35.3 Å². The van der Waals surface area contributed by atoms with Gasteiger partial charge in [0.05, 0.1) is 19.3 Å². The van der Waals surface area contributed by atoms with E-state index >= 15 is 0 Å². The molecule has 13 heavy (non-hydrogen) atoms. The average Bonchev–Trinajstić information content (AvgIpc) is 2.45. The van der Waals surface area contributed by atoms with E-state index in [2.05, 4.69) is 16.6 Å². The number of rotatable bonds is 3. The molecule has 1 aliphatic rings. The molecule has 1 aliphatic heterocycles. The van der Waals surface area contributed by atoms with E-state index in [1.807, 2.05) is 0 Å². The molecule has 6 nitrogen and oxygen atoms in total. The Morgan fingerprint density at radius 2 is 2.54 bits per heavy atom. The molecule has 1 heterocycles. The molecule has 0 spiro atoms. The molecule has 0 aliphatic carbocycles. The fraction of sp³-hybridized carbons (Fsp3) is 0.714. The van der Waals surface area contributed by atoms with Crippen molar-refractivity contribution in [2.24, 2.45) is 11.0 Å². The predicted octanol–water partition coefficient (Wildman–Crippen LogP) is 0.179. The van der Waals surface area contributed by atoms with Crippen molar-refractivity contribution in [2.75, 3.05) is 13.2 Å². The van der Waals surface area contributed by atoms with Crippen molar-refractivity contribution in [1.29, 1.82) is 0 Å². The Morgan fingerprint density at radius 1 is 1.85 bits per heavy atom. The second kappa shape index (κ2) is 3.76. The third-order valence-corrected chi connectivity index (χ3v) is 2.14. The van der Waals surface area contributed by atoms with Crippen LogP contribution < -0.4 is 0 Å². The van der Waals surface area contributed by atoms with Crippen LogP contribution in [0.1, 0.15) is 0 Å². The summed E-state index contributed by atoms with van der Waals surface area (Å²) in [5.74, 6) is -0.308. The molecule has 1 fully saturated rings. The minimum Gasteiger partial charge on any atom is -0.393 e. The molecule has 0 saturated carbocycles. The first-order chi connectivity index (χ1) is 6.20. The summed E-state index contributed by atoms with van der Waals surface area (Å²) in [4.78, 5) is 2.53. The van der Waals surface area contributed by atoms with Crippen LogP contribution in [0.5, 0.6) is 0 Å². The summed E-state index contributed by atoms with van der Waals surface area (Å²) < 4.78 is 5.05. The van der Waals surface area contributed by atoms with Crippen molar-refractivity contribution in [1.82, 2.24) is 0 Å². The van der Waals surface area contributed by atoms with Gasteiger partial charge < -0.3 is 14.9 Å². The van der Waals surface area contributed by atoms with Crippen LogP contribution in [0.4, 0.5) is 0 Å². The molecular weight excluding hydrogens is 174 g/mol. The molecule has 0 aromatic carbocycles. The third-order valence-electron chi connectivity index (χ3n) is 2.14. The van der Waals surface area contributed by atoms with Gasteiger partial charge in [-0.25, -0.2) is 0 Å². The van der Waals surface area contributed by atoms with Gasteiger partial charge in [0, 0.05) is 10.8 Å². The van der Waals surface area contributed by atoms with Gasteiger partial charge in [-0.2, -0.15) is 0 Å². The summed E-state index contributed by atoms with van der Waals surface area (Å²) in [5.41, 5.74) is 6.70. The maximum atomic E-state index is 9.61. The van der Waals surface area contributed by atoms with Crippen LogP contribution in [-0.2, 0) is 4.74 Å². The molecule has 0 radical (unpaired) electrons. The lowest BCUT2D eigenvalue weighted by atomic mass is 9.99. The van der Waals surface area contributed by atoms with Crippen molar-refractivity contribution >= 4 is 0 Å². The maximum absolute atomic E-state index is 9.61. The van der Waals surface area contributed by atoms with Crippen LogP contribution in [0.15, 0.2) is 17.8 Å². The molecule has 2 N–H and O–H groups in total. The van der Waals surface area contributed by atoms with Gasteiger partial charge in [0.25, 0.3) is 0 Å². The van der Waals surface area contributed by atoms with Crippen LogP contribution in [0.25, 0.3) is 10.4 Å². The van der Waals surface area contributed by atoms with Crippen LogP contribution in [0.2, 0.25) is 0 Å². The van der Waals surface area contributed by atoms with E-state index in [1.165, 1.54) is 6.08 Å². The van der Waals surface area contributed by atoms with Gasteiger partial charge >= 0.3 is 0 Å². The van der Waals surface area contributed by atoms with Crippen molar-refractivity contribution in [3.63, 3.8) is 0 Å². The van der Waals surface area contributed by atoms with Gasteiger partial charge in [0.1, 0.15) is 0 Å². The summed E-state index contributed by atoms with van der Waals surface area (Å²) in [7, 11) is 0. The molecule has 72 valence electrons. The second-order valence-electron chi connectivity index (χ2n) is 2.85. The summed E-state index contributed by atoms with van der Waals surface area (Å²) in [6, 6.07) is 0. The number of aliphatic hydroxyl groups excluding tert-OH is 2. The molecule has 3 unspecified atom stereocenters. The Labute approximate surface area is 75.1 Å². The van der Waals surface area contributed by atoms with Gasteiger partial charge in [-0.1, -0.05) is 11.2 Å². The van der Waals surface area contributed by atoms with E-state index in [0.29, 0.717) is 0 Å². The molecule has 1 saturated heterocycles. The van der Waals surface area contributed by atoms with E-state index in [9.17, 15) is 5.11 Å². The summed E-state index contributed by atoms with van der Waals surface area (Å²) in [5, 5.41) is 21.8. The smallest absolute Gasteiger partial charge is 0.196 e. The van der Waals surface area contributed by atoms with Gasteiger partial charge in [-0.15, -0.1) is 6.58 Å². The number of ether oxygens (including phenoxy) is 1. The van der Waals surface area contributed by atoms with E-state index in [1.54, 1.807) is 0 Å². The lowest BCUT2D eigenvalue weighted by Crippen LogP contribution is -2.42. The van der Waals surface area contributed by atoms with Gasteiger partial charge in [-0.05, 0) is 5.53 Å². The quantitative estimate of drug-likeness (QED) is 0.284. The van der Waals surface area contributed by atoms with Crippen molar-refractivity contribution in [3.8, 4) is 0 Å². The maximum Gasteiger partial charge on any atom is 0.196 e. The number of nitrogens with zero attached hydrogens (tertiary/aromatic N) is 3. The topological polar surface area (TPSA) is 98.5 Å². The monoisotopic (exact) mass is 185 g/mol. The third kappa shape index (κ3) is 1.52. The van der Waals surface area contributed by atoms with E-state index in [4.69, 9.17) is 15.4 Å². The Balaban J connectivity index is 2.90. The molecule has 0 bridgehead atoms. The predicted molar refractivity (Wildman–Crippen MR) is 44.6 cm³/mol. The Bertz CT molecular complexity index is 251. The Morgan fingerprint density at radius 3 is 2.92 bits per heavy atom. The van der Waals surface area contributed by atoms with Gasteiger partial charge in [-0.3, -0.25) is 0 Å². The van der Waals surface area contributed by atoms with Crippen molar-refractivity contribution in [2.45, 2.75) is 11.8 Å². The zero-order valence-electron chi connectivity index (χ0n) is 7.00. The highest BCUT2D eigenvalue weighted by Crippen LogP contribution is 2.32. The molecule has 3 atom stereocenters. The highest BCUT2D eigenvalue weighted by molar-refractivity contribution is 5.01. The highest BCUT2D eigenvalue weighted by Gasteiger charge is 2.47. The van der Waals surface area contributed by atoms with E-state index in [-0.39, 0.29) is 12.5 Å². The first kappa shape index (κ1) is 10.0. The molecule has 6 heteroatoms. The molecule has 0 aromatic heterocycles. The summed E-state index contributed by atoms with van der Waals surface area (Å²) in [6.07, 6.45) is 0.473. The molecule has 0 aromatic rings. The van der Waals surface area contributed by atoms with Crippen LogP contribution in [0.3, 0.4) is 0 Å². The SMILES string of the molecule is C=CC1COC(CO)(N=[N+]=[N-])C1O. The number of aliphatic hydroxyl groups is 2. The minimum atomic E-state index is -1.53. The van der Waals surface area contributed by atoms with Crippen LogP contribution in [0, 0.1) is 5.92 Å². The number of hydrogen-bond donors (Lipinski definition) is 2. The minimum absolute atomic E-state index is 0.199. The zero-order chi connectivity index (χ0) is 9.90. The number of hydrogen-bond acceptors (Lipinski definition) is 4. The van der Waals surface area contributed by atoms with Crippen molar-refractivity contribution < 1.29 is 14.9 Å². The fourth-order valence-electron chi connectivity index (χ4n) is 1.28. The highest BCUT2D eigenvalue weighted by atomic mass is 16.5. The lowest BCUT2D eigenvalue weighted by Gasteiger charge is -2.24. The van der Waals surface area contributed by atoms with Gasteiger partial charge in [0.15, 0.2) is 5.72 Å². The Hall–Kier alpha value is -1.07. The zero-order valence-corrected chi connectivity index (χ0v) is 7.00. The Kier molecular flexibility index (Phi) is 2.90. The molecular formula is C7H11N3O3. The first-order valence-electron chi connectivity index (χ1n) is 3.82. The fourth-order valence-corrected chi connectivity index (χ4v) is 1.28. The first-order valence-corrected chi connectivity index (χ1v) is 3.82. The van der Waals surface area contributed by atoms with E-state index < -0.39 is 18.4 Å². The summed E-state index contributed by atoms with van der Waals surface area (Å²) >= 11 is 0. The standard InChI is InChI=1S/C7H11N3O3/c1-2-5-3-13-7(4-11,6(5)12)9-10-8/h2,5-6,11-12H,1,3-4H2. The lowest BCUT2D eigenvalue weighted by molar-refractivity contribution is -0.0862. The van der Waals surface area contributed by atoms with E-state index in [0.717, 1.165) is 0 Å². The normalized spacial score (nSPS) is 38.3. The average molecular weight is 185 g/mol.